The molecule has 3 rings (SSSR count). The smallest absolute Gasteiger partial charge is 0.320 e. The van der Waals surface area contributed by atoms with E-state index in [1.165, 1.54) is 18.7 Å². The number of nitrogens with zero attached hydrogens (tertiary/aromatic N) is 2. The van der Waals surface area contributed by atoms with Crippen LogP contribution in [0.2, 0.25) is 0 Å². The Morgan fingerprint density at radius 3 is 2.90 bits per heavy atom. The van der Waals surface area contributed by atoms with E-state index in [2.05, 4.69) is 9.88 Å². The first-order valence-electron chi connectivity index (χ1n) is 7.68. The lowest BCUT2D eigenvalue weighted by Crippen LogP contribution is -2.43. The summed E-state index contributed by atoms with van der Waals surface area (Å²) in [5.74, 6) is -0.671. The van der Waals surface area contributed by atoms with Gasteiger partial charge in [-0.3, -0.25) is 14.7 Å². The van der Waals surface area contributed by atoms with Crippen molar-refractivity contribution in [1.82, 2.24) is 9.88 Å². The quantitative estimate of drug-likeness (QED) is 0.930. The first-order chi connectivity index (χ1) is 10.1. The molecule has 1 aromatic rings. The van der Waals surface area contributed by atoms with Crippen LogP contribution in [0, 0.1) is 11.7 Å². The Labute approximate surface area is 124 Å². The fourth-order valence-corrected chi connectivity index (χ4v) is 4.11. The van der Waals surface area contributed by atoms with E-state index in [-0.39, 0.29) is 11.9 Å². The van der Waals surface area contributed by atoms with Gasteiger partial charge < -0.3 is 5.11 Å². The minimum absolute atomic E-state index is 0.123. The van der Waals surface area contributed by atoms with E-state index in [1.54, 1.807) is 6.20 Å². The molecule has 2 fully saturated rings. The normalized spacial score (nSPS) is 30.9. The molecule has 114 valence electrons. The number of carbonyl (C=O) groups is 1. The number of carboxylic acids is 1. The number of halogens is 1. The van der Waals surface area contributed by atoms with E-state index < -0.39 is 12.0 Å². The van der Waals surface area contributed by atoms with Crippen molar-refractivity contribution in [2.24, 2.45) is 5.92 Å². The Kier molecular flexibility index (Phi) is 3.93. The number of rotatable bonds is 3. The first kappa shape index (κ1) is 14.4. The summed E-state index contributed by atoms with van der Waals surface area (Å²) in [6.45, 7) is 1.96. The van der Waals surface area contributed by atoms with Crippen LogP contribution in [-0.4, -0.2) is 33.0 Å². The molecule has 0 radical (unpaired) electrons. The number of fused-ring (bicyclic) bond motifs is 1. The summed E-state index contributed by atoms with van der Waals surface area (Å²) in [5.41, 5.74) is 0.757. The zero-order valence-corrected chi connectivity index (χ0v) is 12.2. The maximum atomic E-state index is 13.4. The SMILES string of the molecule is CC(c1cncc(F)c1)N1C(C(=O)O)CC2CCCCC21. The molecule has 1 aromatic heterocycles. The van der Waals surface area contributed by atoms with Crippen molar-refractivity contribution in [3.05, 3.63) is 29.8 Å². The van der Waals surface area contributed by atoms with Crippen LogP contribution < -0.4 is 0 Å². The van der Waals surface area contributed by atoms with Gasteiger partial charge in [-0.1, -0.05) is 12.8 Å². The summed E-state index contributed by atoms with van der Waals surface area (Å²) in [6.07, 6.45) is 8.03. The molecule has 1 N–H and O–H groups in total. The molecule has 5 heteroatoms. The number of hydrogen-bond acceptors (Lipinski definition) is 3. The molecule has 0 bridgehead atoms. The van der Waals surface area contributed by atoms with Crippen molar-refractivity contribution in [1.29, 1.82) is 0 Å². The van der Waals surface area contributed by atoms with Crippen molar-refractivity contribution in [2.45, 2.75) is 57.2 Å². The summed E-state index contributed by atoms with van der Waals surface area (Å²) in [6, 6.07) is 1.18. The lowest BCUT2D eigenvalue weighted by atomic mass is 9.84. The Morgan fingerprint density at radius 1 is 1.43 bits per heavy atom. The van der Waals surface area contributed by atoms with Crippen molar-refractivity contribution < 1.29 is 14.3 Å². The number of aromatic nitrogens is 1. The van der Waals surface area contributed by atoms with Gasteiger partial charge in [-0.2, -0.15) is 0 Å². The summed E-state index contributed by atoms with van der Waals surface area (Å²) in [4.78, 5) is 17.6. The minimum Gasteiger partial charge on any atom is -0.480 e. The molecule has 1 aliphatic carbocycles. The van der Waals surface area contributed by atoms with E-state index in [0.717, 1.165) is 24.8 Å². The van der Waals surface area contributed by atoms with Crippen LogP contribution in [0.5, 0.6) is 0 Å². The van der Waals surface area contributed by atoms with Crippen LogP contribution in [0.15, 0.2) is 18.5 Å². The molecule has 1 saturated carbocycles. The van der Waals surface area contributed by atoms with Gasteiger partial charge in [0.05, 0.1) is 6.20 Å². The third-order valence-corrected chi connectivity index (χ3v) is 5.08. The topological polar surface area (TPSA) is 53.4 Å². The fraction of sp³-hybridized carbons (Fsp3) is 0.625. The van der Waals surface area contributed by atoms with Crippen molar-refractivity contribution in [2.75, 3.05) is 0 Å². The van der Waals surface area contributed by atoms with Crippen LogP contribution in [0.4, 0.5) is 4.39 Å². The highest BCUT2D eigenvalue weighted by Crippen LogP contribution is 2.43. The minimum atomic E-state index is -0.763. The maximum Gasteiger partial charge on any atom is 0.320 e. The second kappa shape index (κ2) is 5.72. The Morgan fingerprint density at radius 2 is 2.19 bits per heavy atom. The number of hydrogen-bond donors (Lipinski definition) is 1. The van der Waals surface area contributed by atoms with E-state index in [1.807, 2.05) is 6.92 Å². The molecule has 2 heterocycles. The lowest BCUT2D eigenvalue weighted by molar-refractivity contribution is -0.143. The number of likely N-dealkylation sites (tertiary alicyclic amines) is 1. The average molecular weight is 292 g/mol. The zero-order chi connectivity index (χ0) is 15.0. The molecule has 1 aliphatic heterocycles. The molecule has 4 atom stereocenters. The van der Waals surface area contributed by atoms with Gasteiger partial charge in [0.15, 0.2) is 0 Å². The van der Waals surface area contributed by atoms with Gasteiger partial charge >= 0.3 is 5.97 Å². The first-order valence-corrected chi connectivity index (χ1v) is 7.68. The highest BCUT2D eigenvalue weighted by molar-refractivity contribution is 5.74. The third kappa shape index (κ3) is 2.67. The van der Waals surface area contributed by atoms with E-state index in [4.69, 9.17) is 0 Å². The van der Waals surface area contributed by atoms with E-state index in [9.17, 15) is 14.3 Å². The molecule has 0 spiro atoms. The van der Waals surface area contributed by atoms with Gasteiger partial charge in [-0.15, -0.1) is 0 Å². The van der Waals surface area contributed by atoms with Gasteiger partial charge in [-0.25, -0.2) is 4.39 Å². The van der Waals surface area contributed by atoms with Crippen LogP contribution >= 0.6 is 0 Å². The summed E-state index contributed by atoms with van der Waals surface area (Å²) in [7, 11) is 0. The van der Waals surface area contributed by atoms with Crippen LogP contribution in [0.25, 0.3) is 0 Å². The summed E-state index contributed by atoms with van der Waals surface area (Å²) in [5, 5.41) is 9.55. The van der Waals surface area contributed by atoms with Crippen molar-refractivity contribution >= 4 is 5.97 Å². The highest BCUT2D eigenvalue weighted by Gasteiger charge is 2.47. The van der Waals surface area contributed by atoms with E-state index in [0.29, 0.717) is 18.4 Å². The Balaban J connectivity index is 1.90. The summed E-state index contributed by atoms with van der Waals surface area (Å²) >= 11 is 0. The molecule has 4 nitrogen and oxygen atoms in total. The van der Waals surface area contributed by atoms with Crippen LogP contribution in [0.3, 0.4) is 0 Å². The number of carboxylic acid groups (broad SMARTS) is 1. The van der Waals surface area contributed by atoms with Gasteiger partial charge in [-0.05, 0) is 43.7 Å². The standard InChI is InChI=1S/C16H21FN2O2/c1-10(12-6-13(17)9-18-8-12)19-14-5-3-2-4-11(14)7-15(19)16(20)21/h6,8-11,14-15H,2-5,7H2,1H3,(H,20,21). The van der Waals surface area contributed by atoms with E-state index >= 15 is 0 Å². The zero-order valence-electron chi connectivity index (χ0n) is 12.2. The Hall–Kier alpha value is -1.49. The van der Waals surface area contributed by atoms with Gasteiger partial charge in [0.25, 0.3) is 0 Å². The van der Waals surface area contributed by atoms with Crippen molar-refractivity contribution in [3.8, 4) is 0 Å². The molecule has 1 saturated heterocycles. The second-order valence-electron chi connectivity index (χ2n) is 6.26. The average Bonchev–Trinajstić information content (AvgIpc) is 2.86. The van der Waals surface area contributed by atoms with Gasteiger partial charge in [0.2, 0.25) is 0 Å². The molecular formula is C16H21FN2O2. The Bertz CT molecular complexity index is 537. The fourth-order valence-electron chi connectivity index (χ4n) is 4.11. The molecular weight excluding hydrogens is 271 g/mol. The molecule has 0 aromatic carbocycles. The highest BCUT2D eigenvalue weighted by atomic mass is 19.1. The largest absolute Gasteiger partial charge is 0.480 e. The summed E-state index contributed by atoms with van der Waals surface area (Å²) < 4.78 is 13.4. The third-order valence-electron chi connectivity index (χ3n) is 5.08. The molecule has 2 aliphatic rings. The maximum absolute atomic E-state index is 13.4. The number of aliphatic carboxylic acids is 1. The monoisotopic (exact) mass is 292 g/mol. The van der Waals surface area contributed by atoms with Crippen molar-refractivity contribution in [3.63, 3.8) is 0 Å². The predicted molar refractivity (Wildman–Crippen MR) is 76.2 cm³/mol. The van der Waals surface area contributed by atoms with Gasteiger partial charge in [0, 0.05) is 18.3 Å². The number of pyridine rings is 1. The molecule has 4 unspecified atom stereocenters. The predicted octanol–water partition coefficient (Wildman–Crippen LogP) is 3.00. The lowest BCUT2D eigenvalue weighted by Gasteiger charge is -2.37. The van der Waals surface area contributed by atoms with Crippen LogP contribution in [-0.2, 0) is 4.79 Å². The van der Waals surface area contributed by atoms with Gasteiger partial charge in [0.1, 0.15) is 11.9 Å². The molecule has 0 amide bonds. The van der Waals surface area contributed by atoms with Crippen LogP contribution in [0.1, 0.15) is 50.6 Å². The molecule has 21 heavy (non-hydrogen) atoms. The second-order valence-corrected chi connectivity index (χ2v) is 6.26.